The van der Waals surface area contributed by atoms with Crippen molar-refractivity contribution in [2.75, 3.05) is 4.90 Å². The molecule has 1 saturated heterocycles. The fraction of sp³-hybridized carbons (Fsp3) is 0.111. The summed E-state index contributed by atoms with van der Waals surface area (Å²) in [5.41, 5.74) is 4.08. The van der Waals surface area contributed by atoms with Crippen LogP contribution < -0.4 is 10.2 Å². The number of carbonyl (C=O) groups excluding carboxylic acids is 1. The van der Waals surface area contributed by atoms with Gasteiger partial charge in [-0.25, -0.2) is 4.39 Å². The van der Waals surface area contributed by atoms with Gasteiger partial charge in [0.25, 0.3) is 5.91 Å². The highest BCUT2D eigenvalue weighted by atomic mass is 32.1. The van der Waals surface area contributed by atoms with Crippen LogP contribution in [0.1, 0.15) is 16.7 Å². The van der Waals surface area contributed by atoms with Crippen molar-refractivity contribution in [3.05, 3.63) is 70.7 Å². The maximum atomic E-state index is 13.0. The Morgan fingerprint density at radius 1 is 1.09 bits per heavy atom. The molecule has 0 bridgehead atoms. The second-order valence-corrected chi connectivity index (χ2v) is 5.84. The van der Waals surface area contributed by atoms with E-state index < -0.39 is 0 Å². The largest absolute Gasteiger partial charge is 0.327 e. The van der Waals surface area contributed by atoms with Gasteiger partial charge in [-0.15, -0.1) is 0 Å². The van der Waals surface area contributed by atoms with Gasteiger partial charge in [-0.3, -0.25) is 9.69 Å². The number of rotatable bonds is 2. The molecular weight excluding hydrogens is 311 g/mol. The van der Waals surface area contributed by atoms with Gasteiger partial charge in [-0.1, -0.05) is 18.2 Å². The quantitative estimate of drug-likeness (QED) is 0.674. The summed E-state index contributed by atoms with van der Waals surface area (Å²) >= 11 is 5.28. The Balaban J connectivity index is 1.93. The molecule has 0 aromatic heterocycles. The van der Waals surface area contributed by atoms with Crippen LogP contribution in [-0.2, 0) is 4.79 Å². The van der Waals surface area contributed by atoms with Crippen molar-refractivity contribution in [3.63, 3.8) is 0 Å². The number of hydrogen-bond acceptors (Lipinski definition) is 2. The van der Waals surface area contributed by atoms with Gasteiger partial charge in [-0.2, -0.15) is 0 Å². The number of amides is 1. The first-order valence-electron chi connectivity index (χ1n) is 7.15. The van der Waals surface area contributed by atoms with Gasteiger partial charge in [0.15, 0.2) is 5.11 Å². The molecule has 2 aromatic carbocycles. The normalized spacial score (nSPS) is 16.1. The molecule has 0 atom stereocenters. The number of aryl methyl sites for hydroxylation is 2. The highest BCUT2D eigenvalue weighted by Gasteiger charge is 2.32. The summed E-state index contributed by atoms with van der Waals surface area (Å²) in [6.45, 7) is 4.01. The van der Waals surface area contributed by atoms with Crippen LogP contribution >= 0.6 is 12.2 Å². The maximum Gasteiger partial charge on any atom is 0.281 e. The lowest BCUT2D eigenvalue weighted by Crippen LogP contribution is -2.30. The predicted molar refractivity (Wildman–Crippen MR) is 93.5 cm³/mol. The first kappa shape index (κ1) is 15.4. The van der Waals surface area contributed by atoms with Gasteiger partial charge in [0.1, 0.15) is 11.5 Å². The number of hydrogen-bond donors (Lipinski definition) is 1. The summed E-state index contributed by atoms with van der Waals surface area (Å²) < 4.78 is 13.0. The number of halogens is 1. The highest BCUT2D eigenvalue weighted by molar-refractivity contribution is 7.80. The van der Waals surface area contributed by atoms with Crippen molar-refractivity contribution in [3.8, 4) is 0 Å². The molecule has 116 valence electrons. The summed E-state index contributed by atoms with van der Waals surface area (Å²) in [5.74, 6) is -0.535. The molecule has 0 aliphatic carbocycles. The summed E-state index contributed by atoms with van der Waals surface area (Å²) in [7, 11) is 0. The van der Waals surface area contributed by atoms with E-state index in [1.54, 1.807) is 18.2 Å². The lowest BCUT2D eigenvalue weighted by molar-refractivity contribution is -0.113. The van der Waals surface area contributed by atoms with Crippen LogP contribution in [0.25, 0.3) is 6.08 Å². The molecule has 3 rings (SSSR count). The van der Waals surface area contributed by atoms with Crippen LogP contribution in [0.15, 0.2) is 48.2 Å². The van der Waals surface area contributed by atoms with Gasteiger partial charge < -0.3 is 5.32 Å². The van der Waals surface area contributed by atoms with Gasteiger partial charge in [0, 0.05) is 0 Å². The van der Waals surface area contributed by atoms with E-state index >= 15 is 0 Å². The lowest BCUT2D eigenvalue weighted by Gasteiger charge is -2.15. The van der Waals surface area contributed by atoms with Crippen LogP contribution in [0.4, 0.5) is 10.1 Å². The first-order valence-corrected chi connectivity index (χ1v) is 7.56. The molecule has 1 aliphatic heterocycles. The number of thiocarbonyl (C=S) groups is 1. The lowest BCUT2D eigenvalue weighted by atomic mass is 10.1. The zero-order chi connectivity index (χ0) is 16.6. The molecule has 23 heavy (non-hydrogen) atoms. The second kappa shape index (κ2) is 5.93. The molecule has 2 aromatic rings. The summed E-state index contributed by atoms with van der Waals surface area (Å²) in [4.78, 5) is 14.1. The van der Waals surface area contributed by atoms with Crippen molar-refractivity contribution in [1.29, 1.82) is 0 Å². The van der Waals surface area contributed by atoms with Crippen molar-refractivity contribution in [1.82, 2.24) is 5.32 Å². The fourth-order valence-electron chi connectivity index (χ4n) is 2.36. The van der Waals surface area contributed by atoms with Gasteiger partial charge in [-0.05, 0) is 73.1 Å². The van der Waals surface area contributed by atoms with E-state index in [4.69, 9.17) is 12.2 Å². The summed E-state index contributed by atoms with van der Waals surface area (Å²) in [5, 5.41) is 3.26. The third kappa shape index (κ3) is 3.00. The van der Waals surface area contributed by atoms with Crippen molar-refractivity contribution >= 4 is 35.0 Å². The molecule has 0 saturated carbocycles. The van der Waals surface area contributed by atoms with Crippen LogP contribution in [0.2, 0.25) is 0 Å². The van der Waals surface area contributed by atoms with Crippen molar-refractivity contribution in [2.45, 2.75) is 13.8 Å². The number of anilines is 1. The number of nitrogens with one attached hydrogen (secondary N) is 1. The predicted octanol–water partition coefficient (Wildman–Crippen LogP) is 3.70. The molecule has 0 radical (unpaired) electrons. The number of benzene rings is 2. The van der Waals surface area contributed by atoms with E-state index in [0.29, 0.717) is 10.8 Å². The van der Waals surface area contributed by atoms with Gasteiger partial charge in [0.05, 0.1) is 5.69 Å². The van der Waals surface area contributed by atoms with Gasteiger partial charge >= 0.3 is 0 Å². The van der Waals surface area contributed by atoms with Crippen LogP contribution in [0.3, 0.4) is 0 Å². The monoisotopic (exact) mass is 326 g/mol. The fourth-order valence-corrected chi connectivity index (χ4v) is 2.66. The molecule has 0 spiro atoms. The molecule has 1 heterocycles. The SMILES string of the molecule is Cc1ccc(N2C(=O)/C(=C/c3ccc(F)cc3)NC2=S)cc1C. The molecule has 1 N–H and O–H groups in total. The smallest absolute Gasteiger partial charge is 0.281 e. The van der Waals surface area contributed by atoms with Gasteiger partial charge in [0.2, 0.25) is 0 Å². The zero-order valence-corrected chi connectivity index (χ0v) is 13.6. The van der Waals surface area contributed by atoms with E-state index in [2.05, 4.69) is 5.32 Å². The Morgan fingerprint density at radius 3 is 2.43 bits per heavy atom. The molecule has 1 fully saturated rings. The highest BCUT2D eigenvalue weighted by Crippen LogP contribution is 2.24. The third-order valence-corrected chi connectivity index (χ3v) is 4.09. The van der Waals surface area contributed by atoms with E-state index in [0.717, 1.165) is 22.4 Å². The Bertz CT molecular complexity index is 827. The Labute approximate surface area is 139 Å². The molecule has 1 amide bonds. The molecule has 3 nitrogen and oxygen atoms in total. The Hall–Kier alpha value is -2.53. The molecule has 0 unspecified atom stereocenters. The molecule has 5 heteroatoms. The minimum absolute atomic E-state index is 0.220. The number of carbonyl (C=O) groups is 1. The Kier molecular flexibility index (Phi) is 3.96. The zero-order valence-electron chi connectivity index (χ0n) is 12.8. The molecule has 1 aliphatic rings. The number of nitrogens with zero attached hydrogens (tertiary/aromatic N) is 1. The topological polar surface area (TPSA) is 32.3 Å². The van der Waals surface area contributed by atoms with E-state index in [9.17, 15) is 9.18 Å². The maximum absolute atomic E-state index is 13.0. The van der Waals surface area contributed by atoms with Crippen LogP contribution in [0, 0.1) is 19.7 Å². The summed E-state index contributed by atoms with van der Waals surface area (Å²) in [6.07, 6.45) is 1.66. The van der Waals surface area contributed by atoms with Crippen LogP contribution in [0.5, 0.6) is 0 Å². The van der Waals surface area contributed by atoms with E-state index in [1.165, 1.54) is 17.0 Å². The Morgan fingerprint density at radius 2 is 1.78 bits per heavy atom. The van der Waals surface area contributed by atoms with E-state index in [-0.39, 0.29) is 11.7 Å². The third-order valence-electron chi connectivity index (χ3n) is 3.81. The molecular formula is C18H15FN2OS. The van der Waals surface area contributed by atoms with Crippen molar-refractivity contribution < 1.29 is 9.18 Å². The average Bonchev–Trinajstić information content (AvgIpc) is 2.79. The minimum atomic E-state index is -0.315. The summed E-state index contributed by atoms with van der Waals surface area (Å²) in [6, 6.07) is 11.7. The van der Waals surface area contributed by atoms with Crippen LogP contribution in [-0.4, -0.2) is 11.0 Å². The average molecular weight is 326 g/mol. The second-order valence-electron chi connectivity index (χ2n) is 5.45. The first-order chi connectivity index (χ1) is 11.0. The van der Waals surface area contributed by atoms with E-state index in [1.807, 2.05) is 32.0 Å². The minimum Gasteiger partial charge on any atom is -0.327 e. The van der Waals surface area contributed by atoms with Crippen molar-refractivity contribution in [2.24, 2.45) is 0 Å². The standard InChI is InChI=1S/C18H15FN2OS/c1-11-3-8-15(9-12(11)2)21-17(22)16(20-18(21)23)10-13-4-6-14(19)7-5-13/h3-10H,1-2H3,(H,20,23)/b16-10-.